The summed E-state index contributed by atoms with van der Waals surface area (Å²) < 4.78 is 5.48. The highest BCUT2D eigenvalue weighted by Gasteiger charge is 2.28. The molecule has 1 aliphatic heterocycles. The molecule has 0 spiro atoms. The van der Waals surface area contributed by atoms with Crippen molar-refractivity contribution < 1.29 is 4.74 Å². The molecule has 0 radical (unpaired) electrons. The van der Waals surface area contributed by atoms with Crippen molar-refractivity contribution >= 4 is 0 Å². The predicted molar refractivity (Wildman–Crippen MR) is 43.0 cm³/mol. The van der Waals surface area contributed by atoms with Gasteiger partial charge in [0.25, 0.3) is 0 Å². The van der Waals surface area contributed by atoms with E-state index < -0.39 is 0 Å². The molecule has 0 aliphatic carbocycles. The quantitative estimate of drug-likeness (QED) is 0.547. The van der Waals surface area contributed by atoms with Gasteiger partial charge >= 0.3 is 0 Å². The molecule has 0 aromatic rings. The first-order valence-electron chi connectivity index (χ1n) is 4.28. The molecule has 1 heterocycles. The molecule has 0 amide bonds. The molecule has 1 unspecified atom stereocenters. The van der Waals surface area contributed by atoms with E-state index in [1.807, 2.05) is 0 Å². The van der Waals surface area contributed by atoms with E-state index in [9.17, 15) is 0 Å². The van der Waals surface area contributed by atoms with Gasteiger partial charge in [0.2, 0.25) is 0 Å². The van der Waals surface area contributed by atoms with Crippen molar-refractivity contribution in [2.75, 3.05) is 6.61 Å². The topological polar surface area (TPSA) is 9.23 Å². The van der Waals surface area contributed by atoms with Gasteiger partial charge in [-0.25, -0.2) is 0 Å². The van der Waals surface area contributed by atoms with E-state index in [0.29, 0.717) is 11.5 Å². The summed E-state index contributed by atoms with van der Waals surface area (Å²) in [6.07, 6.45) is 4.26. The second-order valence-electron chi connectivity index (χ2n) is 3.80. The first-order chi connectivity index (χ1) is 4.66. The maximum Gasteiger partial charge on any atom is 0.0552 e. The fourth-order valence-corrected chi connectivity index (χ4v) is 1.68. The lowest BCUT2D eigenvalue weighted by Crippen LogP contribution is -2.30. The van der Waals surface area contributed by atoms with Crippen LogP contribution in [0.3, 0.4) is 0 Å². The van der Waals surface area contributed by atoms with Crippen LogP contribution in [0.2, 0.25) is 0 Å². The zero-order valence-corrected chi connectivity index (χ0v) is 7.31. The molecule has 10 heavy (non-hydrogen) atoms. The Morgan fingerprint density at radius 2 is 2.30 bits per heavy atom. The molecule has 1 fully saturated rings. The summed E-state index contributed by atoms with van der Waals surface area (Å²) in [5.74, 6) is 0. The summed E-state index contributed by atoms with van der Waals surface area (Å²) in [6.45, 7) is 7.78. The molecule has 0 aromatic carbocycles. The zero-order valence-electron chi connectivity index (χ0n) is 7.31. The third-order valence-electron chi connectivity index (χ3n) is 2.74. The van der Waals surface area contributed by atoms with Crippen LogP contribution in [0.25, 0.3) is 0 Å². The molecular weight excluding hydrogens is 124 g/mol. The Hall–Kier alpha value is -0.0400. The summed E-state index contributed by atoms with van der Waals surface area (Å²) >= 11 is 0. The molecule has 0 aromatic heterocycles. The lowest BCUT2D eigenvalue weighted by atomic mass is 9.78. The van der Waals surface area contributed by atoms with E-state index in [1.165, 1.54) is 19.3 Å². The van der Waals surface area contributed by atoms with Crippen LogP contribution in [0.4, 0.5) is 0 Å². The molecule has 1 aliphatic rings. The maximum atomic E-state index is 5.48. The van der Waals surface area contributed by atoms with Crippen LogP contribution in [-0.2, 0) is 4.74 Å². The monoisotopic (exact) mass is 142 g/mol. The molecule has 1 nitrogen and oxygen atoms in total. The maximum absolute atomic E-state index is 5.48. The minimum absolute atomic E-state index is 0.485. The van der Waals surface area contributed by atoms with Gasteiger partial charge in [0.1, 0.15) is 0 Å². The van der Waals surface area contributed by atoms with Crippen molar-refractivity contribution in [3.63, 3.8) is 0 Å². The highest BCUT2D eigenvalue weighted by molar-refractivity contribution is 4.78. The molecule has 0 N–H and O–H groups in total. The average molecular weight is 142 g/mol. The second-order valence-corrected chi connectivity index (χ2v) is 3.80. The summed E-state index contributed by atoms with van der Waals surface area (Å²) in [7, 11) is 0. The van der Waals surface area contributed by atoms with Crippen LogP contribution < -0.4 is 0 Å². The Labute approximate surface area is 63.8 Å². The van der Waals surface area contributed by atoms with Gasteiger partial charge in [0.05, 0.1) is 6.10 Å². The van der Waals surface area contributed by atoms with Crippen LogP contribution in [0.15, 0.2) is 0 Å². The molecule has 60 valence electrons. The van der Waals surface area contributed by atoms with Gasteiger partial charge < -0.3 is 4.74 Å². The van der Waals surface area contributed by atoms with E-state index >= 15 is 0 Å². The average Bonchev–Trinajstić information content (AvgIpc) is 1.88. The lowest BCUT2D eigenvalue weighted by molar-refractivity contribution is -0.0333. The fourth-order valence-electron chi connectivity index (χ4n) is 1.68. The summed E-state index contributed by atoms with van der Waals surface area (Å²) in [5.41, 5.74) is 0.567. The van der Waals surface area contributed by atoms with Crippen molar-refractivity contribution in [1.29, 1.82) is 0 Å². The van der Waals surface area contributed by atoms with Crippen LogP contribution in [0.1, 0.15) is 40.0 Å². The first-order valence-corrected chi connectivity index (χ1v) is 4.28. The van der Waals surface area contributed by atoms with E-state index in [-0.39, 0.29) is 0 Å². The van der Waals surface area contributed by atoms with Gasteiger partial charge in [0.15, 0.2) is 0 Å². The predicted octanol–water partition coefficient (Wildman–Crippen LogP) is 2.60. The molecule has 0 bridgehead atoms. The normalized spacial score (nSPS) is 41.7. The molecule has 1 saturated heterocycles. The molecule has 2 atom stereocenters. The van der Waals surface area contributed by atoms with Crippen LogP contribution in [-0.4, -0.2) is 12.7 Å². The summed E-state index contributed by atoms with van der Waals surface area (Å²) in [6, 6.07) is 0. The van der Waals surface area contributed by atoms with Gasteiger partial charge in [-0.3, -0.25) is 0 Å². The van der Waals surface area contributed by atoms with Crippen molar-refractivity contribution in [3.05, 3.63) is 0 Å². The van der Waals surface area contributed by atoms with Crippen molar-refractivity contribution in [3.8, 4) is 0 Å². The molecule has 0 saturated carbocycles. The third kappa shape index (κ3) is 1.72. The van der Waals surface area contributed by atoms with Gasteiger partial charge in [-0.2, -0.15) is 0 Å². The Balaban J connectivity index is 2.45. The number of rotatable bonds is 1. The van der Waals surface area contributed by atoms with E-state index in [4.69, 9.17) is 4.74 Å². The Bertz CT molecular complexity index is 111. The van der Waals surface area contributed by atoms with Crippen molar-refractivity contribution in [2.24, 2.45) is 5.41 Å². The summed E-state index contributed by atoms with van der Waals surface area (Å²) in [5, 5.41) is 0. The van der Waals surface area contributed by atoms with Gasteiger partial charge in [-0.1, -0.05) is 20.3 Å². The van der Waals surface area contributed by atoms with Crippen LogP contribution in [0, 0.1) is 5.41 Å². The number of hydrogen-bond donors (Lipinski definition) is 0. The highest BCUT2D eigenvalue weighted by atomic mass is 16.5. The minimum Gasteiger partial charge on any atom is -0.378 e. The number of hydrogen-bond acceptors (Lipinski definition) is 1. The molecule has 1 rings (SSSR count). The van der Waals surface area contributed by atoms with Gasteiger partial charge in [-0.05, 0) is 25.2 Å². The molecular formula is C9H18O. The first kappa shape index (κ1) is 8.06. The van der Waals surface area contributed by atoms with Crippen LogP contribution in [0.5, 0.6) is 0 Å². The van der Waals surface area contributed by atoms with E-state index in [0.717, 1.165) is 6.61 Å². The Morgan fingerprint density at radius 3 is 2.70 bits per heavy atom. The van der Waals surface area contributed by atoms with Crippen molar-refractivity contribution in [2.45, 2.75) is 46.1 Å². The van der Waals surface area contributed by atoms with Crippen molar-refractivity contribution in [1.82, 2.24) is 0 Å². The van der Waals surface area contributed by atoms with Gasteiger partial charge in [-0.15, -0.1) is 0 Å². The minimum atomic E-state index is 0.485. The largest absolute Gasteiger partial charge is 0.378 e. The number of ether oxygens (including phenoxy) is 1. The Morgan fingerprint density at radius 1 is 1.60 bits per heavy atom. The standard InChI is InChI=1S/C9H18O/c1-4-9(3)5-6-10-8(2)7-9/h8H,4-7H2,1-3H3/t8?,9-/m1/s1. The fraction of sp³-hybridized carbons (Fsp3) is 1.00. The lowest BCUT2D eigenvalue weighted by Gasteiger charge is -2.36. The SMILES string of the molecule is CC[C@]1(C)CCOC(C)C1. The van der Waals surface area contributed by atoms with E-state index in [1.54, 1.807) is 0 Å². The van der Waals surface area contributed by atoms with E-state index in [2.05, 4.69) is 20.8 Å². The highest BCUT2D eigenvalue weighted by Crippen LogP contribution is 2.35. The smallest absolute Gasteiger partial charge is 0.0552 e. The third-order valence-corrected chi connectivity index (χ3v) is 2.74. The van der Waals surface area contributed by atoms with Gasteiger partial charge in [0, 0.05) is 6.61 Å². The van der Waals surface area contributed by atoms with Crippen LogP contribution >= 0.6 is 0 Å². The molecule has 1 heteroatoms. The summed E-state index contributed by atoms with van der Waals surface area (Å²) in [4.78, 5) is 0. The second kappa shape index (κ2) is 2.91. The Kier molecular flexibility index (Phi) is 2.35. The zero-order chi connectivity index (χ0) is 7.61.